The fraction of sp³-hybridized carbons (Fsp3) is 0.381. The molecule has 0 saturated heterocycles. The maximum atomic E-state index is 12.7. The number of methoxy groups -OCH3 is 2. The van der Waals surface area contributed by atoms with Gasteiger partial charge in [-0.3, -0.25) is 4.99 Å². The van der Waals surface area contributed by atoms with E-state index in [-0.39, 0.29) is 11.8 Å². The maximum absolute atomic E-state index is 12.7. The van der Waals surface area contributed by atoms with E-state index in [0.29, 0.717) is 35.3 Å². The minimum Gasteiger partial charge on any atom is -0.493 e. The Morgan fingerprint density at radius 2 is 1.76 bits per heavy atom. The molecule has 1 unspecified atom stereocenters. The van der Waals surface area contributed by atoms with Crippen molar-refractivity contribution >= 4 is 15.8 Å². The highest BCUT2D eigenvalue weighted by Gasteiger charge is 2.21. The molecular formula is C21H29N3O4S. The molecule has 7 nitrogen and oxygen atoms in total. The summed E-state index contributed by atoms with van der Waals surface area (Å²) in [6.45, 7) is 2.45. The fourth-order valence-corrected chi connectivity index (χ4v) is 4.43. The quantitative estimate of drug-likeness (QED) is 0.480. The van der Waals surface area contributed by atoms with E-state index in [0.717, 1.165) is 5.56 Å². The Hall–Kier alpha value is -2.74. The second-order valence-electron chi connectivity index (χ2n) is 6.46. The van der Waals surface area contributed by atoms with Gasteiger partial charge in [-0.05, 0) is 36.2 Å². The maximum Gasteiger partial charge on any atom is 0.191 e. The van der Waals surface area contributed by atoms with Crippen molar-refractivity contribution in [3.8, 4) is 11.5 Å². The summed E-state index contributed by atoms with van der Waals surface area (Å²) < 4.78 is 35.9. The SMILES string of the molecule is CCC(CS(=O)(=O)c1ccccc1)NC(=NC)NCc1ccc(OC)c(OC)c1. The molecule has 0 bridgehead atoms. The number of aliphatic imine (C=N–C) groups is 1. The zero-order valence-electron chi connectivity index (χ0n) is 17.3. The smallest absolute Gasteiger partial charge is 0.191 e. The van der Waals surface area contributed by atoms with E-state index in [1.54, 1.807) is 51.6 Å². The molecule has 0 aliphatic carbocycles. The Bertz CT molecular complexity index is 915. The number of benzene rings is 2. The number of sulfone groups is 1. The zero-order chi connectivity index (χ0) is 21.3. The van der Waals surface area contributed by atoms with E-state index in [9.17, 15) is 8.42 Å². The monoisotopic (exact) mass is 419 g/mol. The van der Waals surface area contributed by atoms with E-state index in [1.807, 2.05) is 25.1 Å². The molecule has 0 saturated carbocycles. The predicted molar refractivity (Wildman–Crippen MR) is 115 cm³/mol. The van der Waals surface area contributed by atoms with Gasteiger partial charge in [-0.1, -0.05) is 31.2 Å². The van der Waals surface area contributed by atoms with Gasteiger partial charge in [-0.25, -0.2) is 8.42 Å². The van der Waals surface area contributed by atoms with Gasteiger partial charge in [0.15, 0.2) is 27.3 Å². The van der Waals surface area contributed by atoms with Crippen molar-refractivity contribution in [2.24, 2.45) is 4.99 Å². The van der Waals surface area contributed by atoms with Gasteiger partial charge >= 0.3 is 0 Å². The second kappa shape index (κ2) is 10.7. The molecule has 0 fully saturated rings. The molecule has 0 heterocycles. The summed E-state index contributed by atoms with van der Waals surface area (Å²) in [6, 6.07) is 13.9. The average molecular weight is 420 g/mol. The summed E-state index contributed by atoms with van der Waals surface area (Å²) in [7, 11) is 1.46. The lowest BCUT2D eigenvalue weighted by Crippen LogP contribution is -2.45. The van der Waals surface area contributed by atoms with Gasteiger partial charge in [-0.2, -0.15) is 0 Å². The third kappa shape index (κ3) is 6.39. The summed E-state index contributed by atoms with van der Waals surface area (Å²) in [4.78, 5) is 4.54. The Labute approximate surface area is 173 Å². The lowest BCUT2D eigenvalue weighted by atomic mass is 10.2. The zero-order valence-corrected chi connectivity index (χ0v) is 18.1. The summed E-state index contributed by atoms with van der Waals surface area (Å²) in [6.07, 6.45) is 0.642. The molecule has 0 aliphatic heterocycles. The van der Waals surface area contributed by atoms with Gasteiger partial charge in [0.05, 0.1) is 24.9 Å². The number of nitrogens with zero attached hydrogens (tertiary/aromatic N) is 1. The van der Waals surface area contributed by atoms with Gasteiger partial charge in [0.1, 0.15) is 0 Å². The lowest BCUT2D eigenvalue weighted by molar-refractivity contribution is 0.354. The van der Waals surface area contributed by atoms with Crippen molar-refractivity contribution in [3.05, 3.63) is 54.1 Å². The van der Waals surface area contributed by atoms with Crippen LogP contribution in [0.2, 0.25) is 0 Å². The third-order valence-electron chi connectivity index (χ3n) is 4.49. The van der Waals surface area contributed by atoms with E-state index < -0.39 is 9.84 Å². The fourth-order valence-electron chi connectivity index (χ4n) is 2.81. The number of hydrogen-bond donors (Lipinski definition) is 2. The van der Waals surface area contributed by atoms with Gasteiger partial charge < -0.3 is 20.1 Å². The van der Waals surface area contributed by atoms with Crippen molar-refractivity contribution in [3.63, 3.8) is 0 Å². The van der Waals surface area contributed by atoms with Crippen LogP contribution in [0.4, 0.5) is 0 Å². The summed E-state index contributed by atoms with van der Waals surface area (Å²) in [5.41, 5.74) is 0.982. The molecule has 8 heteroatoms. The normalized spacial score (nSPS) is 12.9. The highest BCUT2D eigenvalue weighted by molar-refractivity contribution is 7.91. The van der Waals surface area contributed by atoms with Crippen molar-refractivity contribution in [1.29, 1.82) is 0 Å². The van der Waals surface area contributed by atoms with Gasteiger partial charge in [-0.15, -0.1) is 0 Å². The molecular weight excluding hydrogens is 390 g/mol. The van der Waals surface area contributed by atoms with Crippen molar-refractivity contribution < 1.29 is 17.9 Å². The Morgan fingerprint density at radius 1 is 1.07 bits per heavy atom. The highest BCUT2D eigenvalue weighted by Crippen LogP contribution is 2.27. The van der Waals surface area contributed by atoms with Gasteiger partial charge in [0, 0.05) is 19.6 Å². The minimum atomic E-state index is -3.38. The van der Waals surface area contributed by atoms with Crippen LogP contribution in [0, 0.1) is 0 Å². The van der Waals surface area contributed by atoms with Crippen LogP contribution >= 0.6 is 0 Å². The number of hydrogen-bond acceptors (Lipinski definition) is 5. The van der Waals surface area contributed by atoms with Crippen molar-refractivity contribution in [1.82, 2.24) is 10.6 Å². The number of ether oxygens (including phenoxy) is 2. The molecule has 0 aliphatic rings. The van der Waals surface area contributed by atoms with Crippen LogP contribution in [-0.4, -0.2) is 47.4 Å². The molecule has 0 amide bonds. The molecule has 2 rings (SSSR count). The Morgan fingerprint density at radius 3 is 2.34 bits per heavy atom. The van der Waals surface area contributed by atoms with Gasteiger partial charge in [0.25, 0.3) is 0 Å². The molecule has 1 atom stereocenters. The van der Waals surface area contributed by atoms with Crippen LogP contribution in [0.3, 0.4) is 0 Å². The topological polar surface area (TPSA) is 89.0 Å². The van der Waals surface area contributed by atoms with Crippen LogP contribution in [0.15, 0.2) is 58.4 Å². The Kier molecular flexibility index (Phi) is 8.33. The van der Waals surface area contributed by atoms with E-state index in [1.165, 1.54) is 0 Å². The molecule has 0 aromatic heterocycles. The highest BCUT2D eigenvalue weighted by atomic mass is 32.2. The average Bonchev–Trinajstić information content (AvgIpc) is 2.75. The van der Waals surface area contributed by atoms with E-state index >= 15 is 0 Å². The predicted octanol–water partition coefficient (Wildman–Crippen LogP) is 2.62. The first kappa shape index (κ1) is 22.5. The molecule has 2 N–H and O–H groups in total. The summed E-state index contributed by atoms with van der Waals surface area (Å²) >= 11 is 0. The molecule has 2 aromatic carbocycles. The standard InChI is InChI=1S/C21H29N3O4S/c1-5-17(15-29(25,26)18-9-7-6-8-10-18)24-21(22-2)23-14-16-11-12-19(27-3)20(13-16)28-4/h6-13,17H,5,14-15H2,1-4H3,(H2,22,23,24). The summed E-state index contributed by atoms with van der Waals surface area (Å²) in [5.74, 6) is 1.84. The van der Waals surface area contributed by atoms with Crippen LogP contribution in [0.25, 0.3) is 0 Å². The van der Waals surface area contributed by atoms with E-state index in [2.05, 4.69) is 15.6 Å². The molecule has 0 radical (unpaired) electrons. The van der Waals surface area contributed by atoms with E-state index in [4.69, 9.17) is 9.47 Å². The van der Waals surface area contributed by atoms with Crippen LogP contribution in [-0.2, 0) is 16.4 Å². The first-order valence-electron chi connectivity index (χ1n) is 9.39. The minimum absolute atomic E-state index is 0.00935. The first-order valence-corrected chi connectivity index (χ1v) is 11.0. The van der Waals surface area contributed by atoms with Crippen LogP contribution in [0.1, 0.15) is 18.9 Å². The summed E-state index contributed by atoms with van der Waals surface area (Å²) in [5, 5.41) is 6.42. The second-order valence-corrected chi connectivity index (χ2v) is 8.49. The van der Waals surface area contributed by atoms with Crippen molar-refractivity contribution in [2.75, 3.05) is 27.0 Å². The molecule has 0 spiro atoms. The van der Waals surface area contributed by atoms with Crippen LogP contribution < -0.4 is 20.1 Å². The number of nitrogens with one attached hydrogen (secondary N) is 2. The van der Waals surface area contributed by atoms with Crippen LogP contribution in [0.5, 0.6) is 11.5 Å². The molecule has 29 heavy (non-hydrogen) atoms. The first-order chi connectivity index (χ1) is 13.9. The third-order valence-corrected chi connectivity index (χ3v) is 6.32. The Balaban J connectivity index is 2.01. The number of rotatable bonds is 9. The number of guanidine groups is 1. The van der Waals surface area contributed by atoms with Gasteiger partial charge in [0.2, 0.25) is 0 Å². The molecule has 2 aromatic rings. The largest absolute Gasteiger partial charge is 0.493 e. The van der Waals surface area contributed by atoms with Crippen molar-refractivity contribution in [2.45, 2.75) is 30.8 Å². The molecule has 158 valence electrons. The lowest BCUT2D eigenvalue weighted by Gasteiger charge is -2.20.